The Morgan fingerprint density at radius 1 is 0.955 bits per heavy atom. The molecular weight excluding hydrogens is 278 g/mol. The molecule has 0 atom stereocenters. The van der Waals surface area contributed by atoms with Crippen LogP contribution in [0.5, 0.6) is 11.5 Å². The molecule has 1 aromatic heterocycles. The van der Waals surface area contributed by atoms with Crippen LogP contribution in [0.15, 0.2) is 48.5 Å². The predicted octanol–water partition coefficient (Wildman–Crippen LogP) is 2.55. The smallest absolute Gasteiger partial charge is 0.202 e. The van der Waals surface area contributed by atoms with E-state index in [4.69, 9.17) is 14.9 Å². The molecule has 0 spiro atoms. The number of nitrogens with zero attached hydrogens (tertiary/aromatic N) is 2. The van der Waals surface area contributed by atoms with E-state index in [2.05, 4.69) is 0 Å². The molecule has 0 aliphatic heterocycles. The molecule has 0 bridgehead atoms. The fraction of sp³-hybridized carbons (Fsp3) is 0.235. The lowest BCUT2D eigenvalue weighted by molar-refractivity contribution is 0.278. The molecule has 5 heteroatoms. The first kappa shape index (κ1) is 14.3. The van der Waals surface area contributed by atoms with E-state index >= 15 is 0 Å². The molecule has 3 aromatic rings. The highest BCUT2D eigenvalue weighted by Crippen LogP contribution is 2.25. The van der Waals surface area contributed by atoms with Crippen LogP contribution in [0.2, 0.25) is 0 Å². The van der Waals surface area contributed by atoms with E-state index in [1.807, 2.05) is 64.7 Å². The summed E-state index contributed by atoms with van der Waals surface area (Å²) in [5.74, 6) is 1.44. The summed E-state index contributed by atoms with van der Waals surface area (Å²) < 4.78 is 14.9. The number of aryl methyl sites for hydroxylation is 1. The van der Waals surface area contributed by atoms with Crippen molar-refractivity contribution >= 4 is 11.0 Å². The quantitative estimate of drug-likeness (QED) is 0.787. The van der Waals surface area contributed by atoms with Crippen LogP contribution in [-0.2, 0) is 13.6 Å². The number of nitrogens with one attached hydrogen (secondary N) is 1. The summed E-state index contributed by atoms with van der Waals surface area (Å²) >= 11 is 0. The monoisotopic (exact) mass is 297 g/mol. The first-order valence-corrected chi connectivity index (χ1v) is 7.17. The van der Waals surface area contributed by atoms with Gasteiger partial charge in [0, 0.05) is 7.05 Å². The number of methoxy groups -OCH3 is 1. The van der Waals surface area contributed by atoms with Crippen molar-refractivity contribution in [1.82, 2.24) is 9.13 Å². The Kier molecular flexibility index (Phi) is 3.87. The van der Waals surface area contributed by atoms with Crippen LogP contribution in [0.25, 0.3) is 11.0 Å². The highest BCUT2D eigenvalue weighted by atomic mass is 16.5. The molecule has 1 N–H and O–H groups in total. The SMILES string of the molecule is COc1ccccc1OCCn1c(=N)n(C)c2ccccc21. The Labute approximate surface area is 128 Å². The van der Waals surface area contributed by atoms with Gasteiger partial charge >= 0.3 is 0 Å². The average molecular weight is 297 g/mol. The van der Waals surface area contributed by atoms with Crippen LogP contribution in [-0.4, -0.2) is 22.9 Å². The van der Waals surface area contributed by atoms with E-state index in [1.165, 1.54) is 0 Å². The fourth-order valence-corrected chi connectivity index (χ4v) is 2.60. The topological polar surface area (TPSA) is 52.2 Å². The molecule has 0 aliphatic rings. The van der Waals surface area contributed by atoms with Gasteiger partial charge in [-0.1, -0.05) is 24.3 Å². The number of imidazole rings is 1. The van der Waals surface area contributed by atoms with Crippen molar-refractivity contribution in [2.45, 2.75) is 6.54 Å². The van der Waals surface area contributed by atoms with Gasteiger partial charge in [0.2, 0.25) is 5.62 Å². The average Bonchev–Trinajstić information content (AvgIpc) is 2.80. The third-order valence-corrected chi connectivity index (χ3v) is 3.75. The van der Waals surface area contributed by atoms with Crippen molar-refractivity contribution in [3.63, 3.8) is 0 Å². The maximum Gasteiger partial charge on any atom is 0.202 e. The number of rotatable bonds is 5. The van der Waals surface area contributed by atoms with Crippen LogP contribution in [0.3, 0.4) is 0 Å². The number of ether oxygens (including phenoxy) is 2. The summed E-state index contributed by atoms with van der Waals surface area (Å²) in [6, 6.07) is 15.6. The van der Waals surface area contributed by atoms with Gasteiger partial charge in [0.15, 0.2) is 11.5 Å². The maximum absolute atomic E-state index is 8.23. The van der Waals surface area contributed by atoms with Gasteiger partial charge < -0.3 is 18.6 Å². The number of hydrogen-bond donors (Lipinski definition) is 1. The molecule has 5 nitrogen and oxygen atoms in total. The lowest BCUT2D eigenvalue weighted by Crippen LogP contribution is -2.24. The van der Waals surface area contributed by atoms with E-state index < -0.39 is 0 Å². The summed E-state index contributed by atoms with van der Waals surface area (Å²) in [6.07, 6.45) is 0. The first-order chi connectivity index (χ1) is 10.7. The largest absolute Gasteiger partial charge is 0.493 e. The van der Waals surface area contributed by atoms with Gasteiger partial charge in [0.25, 0.3) is 0 Å². The molecule has 3 rings (SSSR count). The molecule has 0 saturated carbocycles. The van der Waals surface area contributed by atoms with Gasteiger partial charge in [-0.3, -0.25) is 5.41 Å². The van der Waals surface area contributed by atoms with Gasteiger partial charge in [-0.25, -0.2) is 0 Å². The lowest BCUT2D eigenvalue weighted by atomic mass is 10.3. The summed E-state index contributed by atoms with van der Waals surface area (Å²) in [7, 11) is 3.53. The number of fused-ring (bicyclic) bond motifs is 1. The zero-order valence-electron chi connectivity index (χ0n) is 12.7. The van der Waals surface area contributed by atoms with Gasteiger partial charge in [-0.05, 0) is 24.3 Å². The minimum atomic E-state index is 0.463. The first-order valence-electron chi connectivity index (χ1n) is 7.17. The van der Waals surface area contributed by atoms with E-state index in [0.29, 0.717) is 18.8 Å². The van der Waals surface area contributed by atoms with Crippen molar-refractivity contribution in [1.29, 1.82) is 5.41 Å². The van der Waals surface area contributed by atoms with Gasteiger partial charge in [-0.15, -0.1) is 0 Å². The minimum absolute atomic E-state index is 0.463. The number of hydrogen-bond acceptors (Lipinski definition) is 3. The molecule has 1 heterocycles. The number of aromatic nitrogens is 2. The molecule has 2 aromatic carbocycles. The van der Waals surface area contributed by atoms with E-state index in [1.54, 1.807) is 7.11 Å². The zero-order chi connectivity index (χ0) is 15.5. The van der Waals surface area contributed by atoms with Crippen LogP contribution in [0.1, 0.15) is 0 Å². The fourth-order valence-electron chi connectivity index (χ4n) is 2.60. The van der Waals surface area contributed by atoms with Crippen molar-refractivity contribution in [2.24, 2.45) is 7.05 Å². The molecule has 0 saturated heterocycles. The number of benzene rings is 2. The van der Waals surface area contributed by atoms with Crippen LogP contribution >= 0.6 is 0 Å². The molecule has 0 unspecified atom stereocenters. The molecule has 0 radical (unpaired) electrons. The highest BCUT2D eigenvalue weighted by molar-refractivity contribution is 5.75. The van der Waals surface area contributed by atoms with Crippen LogP contribution in [0, 0.1) is 5.41 Å². The number of para-hydroxylation sites is 4. The second-order valence-electron chi connectivity index (χ2n) is 5.02. The third-order valence-electron chi connectivity index (χ3n) is 3.75. The van der Waals surface area contributed by atoms with E-state index in [9.17, 15) is 0 Å². The summed E-state index contributed by atoms with van der Waals surface area (Å²) in [4.78, 5) is 0. The third kappa shape index (κ3) is 2.45. The van der Waals surface area contributed by atoms with E-state index in [0.717, 1.165) is 22.5 Å². The maximum atomic E-state index is 8.23. The summed E-state index contributed by atoms with van der Waals surface area (Å²) in [5.41, 5.74) is 2.55. The molecule has 114 valence electrons. The molecule has 22 heavy (non-hydrogen) atoms. The van der Waals surface area contributed by atoms with Crippen molar-refractivity contribution in [2.75, 3.05) is 13.7 Å². The minimum Gasteiger partial charge on any atom is -0.493 e. The van der Waals surface area contributed by atoms with Crippen molar-refractivity contribution < 1.29 is 9.47 Å². The van der Waals surface area contributed by atoms with Gasteiger partial charge in [-0.2, -0.15) is 0 Å². The summed E-state index contributed by atoms with van der Waals surface area (Å²) in [6.45, 7) is 1.09. The second kappa shape index (κ2) is 5.97. The van der Waals surface area contributed by atoms with Gasteiger partial charge in [0.1, 0.15) is 6.61 Å². The zero-order valence-corrected chi connectivity index (χ0v) is 12.7. The molecule has 0 aliphatic carbocycles. The molecule has 0 fully saturated rings. The van der Waals surface area contributed by atoms with E-state index in [-0.39, 0.29) is 0 Å². The van der Waals surface area contributed by atoms with Crippen molar-refractivity contribution in [3.05, 3.63) is 54.1 Å². The summed E-state index contributed by atoms with van der Waals surface area (Å²) in [5, 5.41) is 8.23. The molecular formula is C17H19N3O2. The highest BCUT2D eigenvalue weighted by Gasteiger charge is 2.08. The predicted molar refractivity (Wildman–Crippen MR) is 85.3 cm³/mol. The Morgan fingerprint density at radius 3 is 2.32 bits per heavy atom. The molecule has 0 amide bonds. The van der Waals surface area contributed by atoms with Crippen LogP contribution < -0.4 is 15.1 Å². The Bertz CT molecular complexity index is 848. The van der Waals surface area contributed by atoms with Crippen molar-refractivity contribution in [3.8, 4) is 11.5 Å². The normalized spacial score (nSPS) is 10.8. The Balaban J connectivity index is 1.80. The standard InChI is InChI=1S/C17H19N3O2/c1-19-13-7-3-4-8-14(13)20(17(19)18)11-12-22-16-10-6-5-9-15(16)21-2/h3-10,18H,11-12H2,1-2H3. The van der Waals surface area contributed by atoms with Gasteiger partial charge in [0.05, 0.1) is 24.7 Å². The van der Waals surface area contributed by atoms with Crippen LogP contribution in [0.4, 0.5) is 0 Å². The second-order valence-corrected chi connectivity index (χ2v) is 5.02. The Hall–Kier alpha value is -2.69. The lowest BCUT2D eigenvalue weighted by Gasteiger charge is -2.11. The Morgan fingerprint density at radius 2 is 1.59 bits per heavy atom.